The monoisotopic (exact) mass is 200 g/mol. The zero-order valence-corrected chi connectivity index (χ0v) is 7.81. The Hall–Kier alpha value is -1.25. The topological polar surface area (TPSA) is 0 Å². The van der Waals surface area contributed by atoms with Crippen molar-refractivity contribution >= 4 is 6.08 Å². The zero-order chi connectivity index (χ0) is 10.6. The molecule has 1 rings (SSSR count). The van der Waals surface area contributed by atoms with Gasteiger partial charge in [-0.1, -0.05) is 37.3 Å². The van der Waals surface area contributed by atoms with Gasteiger partial charge in [0.2, 0.25) is 0 Å². The summed E-state index contributed by atoms with van der Waals surface area (Å²) in [5.74, 6) is 0. The molecule has 0 aliphatic carbocycles. The van der Waals surface area contributed by atoms with Gasteiger partial charge in [-0.05, 0) is 18.1 Å². The second-order valence-electron chi connectivity index (χ2n) is 2.90. The fraction of sp³-hybridized carbons (Fsp3) is 0.273. The van der Waals surface area contributed by atoms with Crippen molar-refractivity contribution in [1.82, 2.24) is 0 Å². The smallest absolute Gasteiger partial charge is 0.166 e. The molecule has 0 aliphatic heterocycles. The van der Waals surface area contributed by atoms with Crippen LogP contribution in [0.15, 0.2) is 30.3 Å². The van der Waals surface area contributed by atoms with E-state index in [1.807, 2.05) is 6.92 Å². The van der Waals surface area contributed by atoms with E-state index in [2.05, 4.69) is 0 Å². The molecule has 14 heavy (non-hydrogen) atoms. The van der Waals surface area contributed by atoms with Crippen molar-refractivity contribution in [3.05, 3.63) is 41.5 Å². The maximum atomic E-state index is 12.4. The minimum Gasteiger partial charge on any atom is -0.166 e. The molecule has 0 nitrogen and oxygen atoms in total. The van der Waals surface area contributed by atoms with Gasteiger partial charge in [0.25, 0.3) is 0 Å². The number of halogens is 3. The Morgan fingerprint density at radius 2 is 1.86 bits per heavy atom. The molecule has 0 radical (unpaired) electrons. The number of hydrogen-bond donors (Lipinski definition) is 0. The highest BCUT2D eigenvalue weighted by Gasteiger charge is 2.32. The Morgan fingerprint density at radius 1 is 1.21 bits per heavy atom. The Bertz CT molecular complexity index is 324. The summed E-state index contributed by atoms with van der Waals surface area (Å²) in [5.41, 5.74) is -0.355. The van der Waals surface area contributed by atoms with Crippen LogP contribution in [0.5, 0.6) is 0 Å². The van der Waals surface area contributed by atoms with Crippen LogP contribution in [0.4, 0.5) is 13.2 Å². The van der Waals surface area contributed by atoms with E-state index in [0.717, 1.165) is 12.5 Å². The lowest BCUT2D eigenvalue weighted by Gasteiger charge is -2.09. The van der Waals surface area contributed by atoms with Crippen LogP contribution in [0, 0.1) is 0 Å². The summed E-state index contributed by atoms with van der Waals surface area (Å²) in [6.45, 7) is 1.88. The van der Waals surface area contributed by atoms with Gasteiger partial charge in [-0.2, -0.15) is 13.2 Å². The Labute approximate surface area is 81.1 Å². The Kier molecular flexibility index (Phi) is 3.33. The molecule has 0 saturated carbocycles. The second-order valence-corrected chi connectivity index (χ2v) is 2.90. The van der Waals surface area contributed by atoms with E-state index >= 15 is 0 Å². The molecule has 0 unspecified atom stereocenters. The van der Waals surface area contributed by atoms with Gasteiger partial charge in [-0.3, -0.25) is 0 Å². The first kappa shape index (κ1) is 10.8. The molecular weight excluding hydrogens is 189 g/mol. The fourth-order valence-corrected chi connectivity index (χ4v) is 1.15. The van der Waals surface area contributed by atoms with Crippen molar-refractivity contribution in [2.75, 3.05) is 0 Å². The number of allylic oxidation sites excluding steroid dienone is 1. The molecule has 0 spiro atoms. The van der Waals surface area contributed by atoms with Gasteiger partial charge in [0, 0.05) is 0 Å². The van der Waals surface area contributed by atoms with Crippen molar-refractivity contribution in [2.24, 2.45) is 0 Å². The van der Waals surface area contributed by atoms with Crippen molar-refractivity contribution in [3.8, 4) is 0 Å². The van der Waals surface area contributed by atoms with Gasteiger partial charge in [-0.15, -0.1) is 0 Å². The normalized spacial score (nSPS) is 12.3. The minimum atomic E-state index is -4.27. The Morgan fingerprint density at radius 3 is 2.43 bits per heavy atom. The van der Waals surface area contributed by atoms with Gasteiger partial charge in [0.15, 0.2) is 0 Å². The van der Waals surface area contributed by atoms with E-state index in [1.165, 1.54) is 18.2 Å². The summed E-state index contributed by atoms with van der Waals surface area (Å²) in [7, 11) is 0. The largest absolute Gasteiger partial charge is 0.416 e. The molecule has 0 bridgehead atoms. The molecule has 1 aromatic rings. The third-order valence-electron chi connectivity index (χ3n) is 1.80. The molecule has 0 saturated heterocycles. The maximum absolute atomic E-state index is 12.4. The standard InChI is InChI=1S/C11H11F3/c1-2-3-6-9-7-4-5-8-10(9)11(12,13)14/h3-8H,2H2,1H3/b6-3+. The average molecular weight is 200 g/mol. The molecule has 0 heterocycles. The highest BCUT2D eigenvalue weighted by atomic mass is 19.4. The van der Waals surface area contributed by atoms with Gasteiger partial charge in [0.05, 0.1) is 5.56 Å². The molecule has 0 aromatic heterocycles. The summed E-state index contributed by atoms with van der Waals surface area (Å²) >= 11 is 0. The third-order valence-corrected chi connectivity index (χ3v) is 1.80. The Balaban J connectivity index is 3.10. The first-order valence-corrected chi connectivity index (χ1v) is 4.38. The van der Waals surface area contributed by atoms with Crippen molar-refractivity contribution in [1.29, 1.82) is 0 Å². The summed E-state index contributed by atoms with van der Waals surface area (Å²) < 4.78 is 37.3. The molecule has 76 valence electrons. The van der Waals surface area contributed by atoms with Crippen LogP contribution in [0.1, 0.15) is 24.5 Å². The van der Waals surface area contributed by atoms with E-state index < -0.39 is 11.7 Å². The van der Waals surface area contributed by atoms with Crippen LogP contribution >= 0.6 is 0 Å². The van der Waals surface area contributed by atoms with Gasteiger partial charge in [0.1, 0.15) is 0 Å². The van der Waals surface area contributed by atoms with Crippen LogP contribution in [0.2, 0.25) is 0 Å². The fourth-order valence-electron chi connectivity index (χ4n) is 1.15. The van der Waals surface area contributed by atoms with Crippen molar-refractivity contribution in [2.45, 2.75) is 19.5 Å². The maximum Gasteiger partial charge on any atom is 0.416 e. The minimum absolute atomic E-state index is 0.224. The van der Waals surface area contributed by atoms with Crippen molar-refractivity contribution in [3.63, 3.8) is 0 Å². The highest BCUT2D eigenvalue weighted by molar-refractivity contribution is 5.54. The summed E-state index contributed by atoms with van der Waals surface area (Å²) in [5, 5.41) is 0. The van der Waals surface area contributed by atoms with Crippen molar-refractivity contribution < 1.29 is 13.2 Å². The zero-order valence-electron chi connectivity index (χ0n) is 7.81. The molecule has 0 atom stereocenters. The van der Waals surface area contributed by atoms with Gasteiger partial charge < -0.3 is 0 Å². The summed E-state index contributed by atoms with van der Waals surface area (Å²) in [6.07, 6.45) is -0.325. The number of alkyl halides is 3. The van der Waals surface area contributed by atoms with Crippen LogP contribution in [0.3, 0.4) is 0 Å². The summed E-state index contributed by atoms with van der Waals surface area (Å²) in [4.78, 5) is 0. The SMILES string of the molecule is CC/C=C/c1ccccc1C(F)(F)F. The first-order chi connectivity index (χ1) is 6.55. The quantitative estimate of drug-likeness (QED) is 0.673. The molecule has 0 N–H and O–H groups in total. The number of benzene rings is 1. The van der Waals surface area contributed by atoms with E-state index in [9.17, 15) is 13.2 Å². The van der Waals surface area contributed by atoms with Crippen LogP contribution in [-0.2, 0) is 6.18 Å². The van der Waals surface area contributed by atoms with Crippen LogP contribution in [0.25, 0.3) is 6.08 Å². The lowest BCUT2D eigenvalue weighted by molar-refractivity contribution is -0.137. The first-order valence-electron chi connectivity index (χ1n) is 4.38. The molecular formula is C11H11F3. The number of rotatable bonds is 2. The predicted molar refractivity (Wildman–Crippen MR) is 50.8 cm³/mol. The van der Waals surface area contributed by atoms with Gasteiger partial charge >= 0.3 is 6.18 Å². The average Bonchev–Trinajstić information content (AvgIpc) is 2.14. The predicted octanol–water partition coefficient (Wildman–Crippen LogP) is 4.13. The third kappa shape index (κ3) is 2.62. The van der Waals surface area contributed by atoms with E-state index in [1.54, 1.807) is 12.1 Å². The van der Waals surface area contributed by atoms with E-state index in [-0.39, 0.29) is 5.56 Å². The molecule has 0 amide bonds. The molecule has 0 fully saturated rings. The number of hydrogen-bond acceptors (Lipinski definition) is 0. The lowest BCUT2D eigenvalue weighted by Crippen LogP contribution is -2.06. The lowest BCUT2D eigenvalue weighted by atomic mass is 10.1. The second kappa shape index (κ2) is 4.31. The van der Waals surface area contributed by atoms with Crippen LogP contribution < -0.4 is 0 Å². The van der Waals surface area contributed by atoms with E-state index in [4.69, 9.17) is 0 Å². The summed E-state index contributed by atoms with van der Waals surface area (Å²) in [6, 6.07) is 5.56. The molecule has 0 aliphatic rings. The molecule has 3 heteroatoms. The highest BCUT2D eigenvalue weighted by Crippen LogP contribution is 2.32. The molecule has 1 aromatic carbocycles. The van der Waals surface area contributed by atoms with E-state index in [0.29, 0.717) is 0 Å². The van der Waals surface area contributed by atoms with Crippen LogP contribution in [-0.4, -0.2) is 0 Å². The van der Waals surface area contributed by atoms with Gasteiger partial charge in [-0.25, -0.2) is 0 Å².